The largest absolute Gasteiger partial charge is 0.382 e. The summed E-state index contributed by atoms with van der Waals surface area (Å²) < 4.78 is 0. The second-order valence-corrected chi connectivity index (χ2v) is 5.50. The van der Waals surface area contributed by atoms with Crippen LogP contribution in [0.25, 0.3) is 0 Å². The molecule has 0 unspecified atom stereocenters. The summed E-state index contributed by atoms with van der Waals surface area (Å²) in [7, 11) is 1.80. The molecule has 0 spiro atoms. The maximum Gasteiger partial charge on any atom is 0.302 e. The zero-order chi connectivity index (χ0) is 15.7. The van der Waals surface area contributed by atoms with E-state index < -0.39 is 5.91 Å². The third-order valence-electron chi connectivity index (χ3n) is 2.62. The molecule has 0 aliphatic rings. The molecule has 0 aliphatic carbocycles. The molecule has 0 aromatic carbocycles. The van der Waals surface area contributed by atoms with Crippen molar-refractivity contribution in [3.63, 3.8) is 0 Å². The Morgan fingerprint density at radius 3 is 2.30 bits per heavy atom. The molecule has 0 aliphatic heterocycles. The topological polar surface area (TPSA) is 137 Å². The van der Waals surface area contributed by atoms with Crippen LogP contribution in [0, 0.1) is 0 Å². The first-order valence-electron chi connectivity index (χ1n) is 5.75. The quantitative estimate of drug-likeness (QED) is 0.529. The van der Waals surface area contributed by atoms with Crippen LogP contribution in [-0.4, -0.2) is 34.4 Å². The number of rotatable bonds is 2. The summed E-state index contributed by atoms with van der Waals surface area (Å²) in [5.41, 5.74) is 15.6. The van der Waals surface area contributed by atoms with Crippen molar-refractivity contribution < 1.29 is 4.79 Å². The Balaban J connectivity index is 3.29. The van der Waals surface area contributed by atoms with Gasteiger partial charge >= 0.3 is 5.91 Å². The molecule has 0 bridgehead atoms. The minimum absolute atomic E-state index is 0.0470. The van der Waals surface area contributed by atoms with Crippen molar-refractivity contribution in [3.05, 3.63) is 10.8 Å². The van der Waals surface area contributed by atoms with E-state index in [0.717, 1.165) is 0 Å². The first-order valence-corrected chi connectivity index (χ1v) is 6.12. The number of guanidine groups is 1. The van der Waals surface area contributed by atoms with E-state index in [2.05, 4.69) is 15.0 Å². The van der Waals surface area contributed by atoms with E-state index >= 15 is 0 Å². The number of carbonyl (C=O) groups is 1. The molecule has 8 nitrogen and oxygen atoms in total. The number of amides is 1. The number of nitrogens with zero attached hydrogens (tertiary/aromatic N) is 4. The highest BCUT2D eigenvalue weighted by atomic mass is 35.5. The van der Waals surface area contributed by atoms with Crippen LogP contribution in [0.1, 0.15) is 31.3 Å². The molecule has 6 N–H and O–H groups in total. The fourth-order valence-electron chi connectivity index (χ4n) is 1.28. The van der Waals surface area contributed by atoms with Crippen molar-refractivity contribution in [2.45, 2.75) is 26.3 Å². The van der Waals surface area contributed by atoms with E-state index in [0.29, 0.717) is 5.82 Å². The lowest BCUT2D eigenvalue weighted by atomic mass is 10.1. The lowest BCUT2D eigenvalue weighted by molar-refractivity contribution is 0.0998. The van der Waals surface area contributed by atoms with Gasteiger partial charge in [-0.2, -0.15) is 4.99 Å². The number of halogens is 1. The highest BCUT2D eigenvalue weighted by molar-refractivity contribution is 6.32. The van der Waals surface area contributed by atoms with E-state index in [-0.39, 0.29) is 28.2 Å². The van der Waals surface area contributed by atoms with Crippen LogP contribution >= 0.6 is 11.6 Å². The van der Waals surface area contributed by atoms with Gasteiger partial charge in [-0.15, -0.1) is 0 Å². The molecular weight excluding hydrogens is 282 g/mol. The average molecular weight is 300 g/mol. The highest BCUT2D eigenvalue weighted by Crippen LogP contribution is 2.28. The molecule has 1 rings (SSSR count). The molecule has 1 aromatic rings. The Labute approximate surface area is 122 Å². The summed E-state index contributed by atoms with van der Waals surface area (Å²) in [5, 5.41) is 0.0470. The summed E-state index contributed by atoms with van der Waals surface area (Å²) >= 11 is 6.05. The molecular formula is C11H18ClN7O. The first-order chi connectivity index (χ1) is 9.04. The lowest BCUT2D eigenvalue weighted by Gasteiger charge is -2.33. The van der Waals surface area contributed by atoms with Crippen molar-refractivity contribution in [1.82, 2.24) is 9.97 Å². The van der Waals surface area contributed by atoms with E-state index in [4.69, 9.17) is 28.8 Å². The van der Waals surface area contributed by atoms with Crippen molar-refractivity contribution in [2.24, 2.45) is 16.5 Å². The number of aromatic nitrogens is 2. The van der Waals surface area contributed by atoms with E-state index in [1.165, 1.54) is 0 Å². The predicted molar refractivity (Wildman–Crippen MR) is 79.8 cm³/mol. The second-order valence-electron chi connectivity index (χ2n) is 5.14. The maximum absolute atomic E-state index is 11.7. The van der Waals surface area contributed by atoms with Gasteiger partial charge in [0, 0.05) is 12.6 Å². The third-order valence-corrected chi connectivity index (χ3v) is 2.87. The Morgan fingerprint density at radius 2 is 1.85 bits per heavy atom. The van der Waals surface area contributed by atoms with E-state index in [9.17, 15) is 4.79 Å². The predicted octanol–water partition coefficient (Wildman–Crippen LogP) is 0.360. The molecule has 0 atom stereocenters. The number of hydrogen-bond acceptors (Lipinski definition) is 5. The SMILES string of the molecule is CN(c1nc(N)c(C(=O)N=C(N)N)nc1Cl)C(C)(C)C. The fraction of sp³-hybridized carbons (Fsp3) is 0.455. The third kappa shape index (κ3) is 3.47. The standard InChI is InChI=1S/C11H18ClN7O/c1-11(2,3)19(4)8-6(12)16-5(7(13)17-8)9(20)18-10(14)15/h1-4H3,(H2,13,17)(H4,14,15,18,20). The smallest absolute Gasteiger partial charge is 0.302 e. The zero-order valence-corrected chi connectivity index (χ0v) is 12.6. The van der Waals surface area contributed by atoms with Gasteiger partial charge in [0.2, 0.25) is 0 Å². The first kappa shape index (κ1) is 16.0. The number of nitrogen functional groups attached to an aromatic ring is 1. The molecule has 1 amide bonds. The monoisotopic (exact) mass is 299 g/mol. The van der Waals surface area contributed by atoms with Gasteiger partial charge in [-0.05, 0) is 20.8 Å². The summed E-state index contributed by atoms with van der Waals surface area (Å²) in [6.45, 7) is 5.92. The summed E-state index contributed by atoms with van der Waals surface area (Å²) in [6, 6.07) is 0. The summed E-state index contributed by atoms with van der Waals surface area (Å²) in [5.74, 6) is -0.890. The van der Waals surface area contributed by atoms with Crippen LogP contribution < -0.4 is 22.1 Å². The maximum atomic E-state index is 11.7. The minimum Gasteiger partial charge on any atom is -0.382 e. The van der Waals surface area contributed by atoms with Gasteiger partial charge in [0.05, 0.1) is 0 Å². The van der Waals surface area contributed by atoms with E-state index in [1.807, 2.05) is 20.8 Å². The normalized spacial score (nSPS) is 11.1. The van der Waals surface area contributed by atoms with Crippen LogP contribution in [-0.2, 0) is 0 Å². The van der Waals surface area contributed by atoms with Gasteiger partial charge < -0.3 is 22.1 Å². The number of aliphatic imine (C=N–C) groups is 1. The number of hydrogen-bond donors (Lipinski definition) is 3. The summed E-state index contributed by atoms with van der Waals surface area (Å²) in [6.07, 6.45) is 0. The number of carbonyl (C=O) groups excluding carboxylic acids is 1. The van der Waals surface area contributed by atoms with Crippen LogP contribution in [0.3, 0.4) is 0 Å². The molecule has 1 heterocycles. The molecule has 0 saturated carbocycles. The summed E-state index contributed by atoms with van der Waals surface area (Å²) in [4.78, 5) is 24.9. The minimum atomic E-state index is -0.790. The van der Waals surface area contributed by atoms with Crippen molar-refractivity contribution in [1.29, 1.82) is 0 Å². The second kappa shape index (κ2) is 5.49. The van der Waals surface area contributed by atoms with Crippen LogP contribution in [0.5, 0.6) is 0 Å². The Kier molecular flexibility index (Phi) is 4.39. The highest BCUT2D eigenvalue weighted by Gasteiger charge is 2.24. The van der Waals surface area contributed by atoms with Crippen molar-refractivity contribution >= 4 is 35.1 Å². The fourth-order valence-corrected chi connectivity index (χ4v) is 1.53. The Morgan fingerprint density at radius 1 is 1.30 bits per heavy atom. The van der Waals surface area contributed by atoms with E-state index in [1.54, 1.807) is 11.9 Å². The Hall–Kier alpha value is -2.09. The molecule has 20 heavy (non-hydrogen) atoms. The van der Waals surface area contributed by atoms with Crippen molar-refractivity contribution in [3.8, 4) is 0 Å². The number of anilines is 2. The zero-order valence-electron chi connectivity index (χ0n) is 11.8. The van der Waals surface area contributed by atoms with Gasteiger partial charge in [-0.3, -0.25) is 4.79 Å². The molecule has 9 heteroatoms. The van der Waals surface area contributed by atoms with Gasteiger partial charge in [0.1, 0.15) is 0 Å². The van der Waals surface area contributed by atoms with Gasteiger partial charge in [0.25, 0.3) is 0 Å². The molecule has 1 aromatic heterocycles. The number of nitrogens with two attached hydrogens (primary N) is 3. The van der Waals surface area contributed by atoms with Gasteiger partial charge in [0.15, 0.2) is 28.4 Å². The molecule has 110 valence electrons. The van der Waals surface area contributed by atoms with Gasteiger partial charge in [-0.1, -0.05) is 11.6 Å². The van der Waals surface area contributed by atoms with Crippen LogP contribution in [0.15, 0.2) is 4.99 Å². The molecule has 0 fully saturated rings. The molecule has 0 saturated heterocycles. The average Bonchev–Trinajstić information content (AvgIpc) is 2.28. The van der Waals surface area contributed by atoms with Crippen LogP contribution in [0.4, 0.5) is 11.6 Å². The van der Waals surface area contributed by atoms with Crippen LogP contribution in [0.2, 0.25) is 5.15 Å². The Bertz CT molecular complexity index is 561. The lowest BCUT2D eigenvalue weighted by Crippen LogP contribution is -2.39. The molecule has 0 radical (unpaired) electrons. The van der Waals surface area contributed by atoms with Crippen molar-refractivity contribution in [2.75, 3.05) is 17.7 Å². The van der Waals surface area contributed by atoms with Gasteiger partial charge in [-0.25, -0.2) is 9.97 Å².